The zero-order chi connectivity index (χ0) is 20.2. The Hall–Kier alpha value is -1.84. The summed E-state index contributed by atoms with van der Waals surface area (Å²) in [5, 5.41) is 2.60. The summed E-state index contributed by atoms with van der Waals surface area (Å²) in [6, 6.07) is 2.81. The number of nitrogens with zero attached hydrogens (tertiary/aromatic N) is 2. The maximum Gasteiger partial charge on any atom is 0.261 e. The molecule has 0 aliphatic carbocycles. The highest BCUT2D eigenvalue weighted by Gasteiger charge is 2.37. The molecule has 0 unspecified atom stereocenters. The fraction of sp³-hybridized carbons (Fsp3) is 0.611. The highest BCUT2D eigenvalue weighted by atomic mass is 32.2. The SMILES string of the molecule is CC(C)C[C@H](N)C(=O)N[C@H]1CC[C@H](C)N(S(=O)(=O)c2ccccn2)CC1=O. The van der Waals surface area contributed by atoms with Gasteiger partial charge in [-0.3, -0.25) is 9.59 Å². The van der Waals surface area contributed by atoms with Crippen LogP contribution < -0.4 is 11.1 Å². The molecule has 1 aliphatic heterocycles. The number of nitrogens with one attached hydrogen (secondary N) is 1. The largest absolute Gasteiger partial charge is 0.345 e. The average molecular weight is 397 g/mol. The van der Waals surface area contributed by atoms with Gasteiger partial charge in [0, 0.05) is 12.2 Å². The third-order valence-corrected chi connectivity index (χ3v) is 6.53. The normalized spacial score (nSPS) is 23.1. The molecule has 3 N–H and O–H groups in total. The average Bonchev–Trinajstić information content (AvgIpc) is 2.75. The minimum absolute atomic E-state index is 0.0916. The third-order valence-electron chi connectivity index (χ3n) is 4.65. The third kappa shape index (κ3) is 5.33. The minimum atomic E-state index is -3.89. The number of pyridine rings is 1. The lowest BCUT2D eigenvalue weighted by atomic mass is 10.0. The van der Waals surface area contributed by atoms with Crippen molar-refractivity contribution < 1.29 is 18.0 Å². The molecule has 0 bridgehead atoms. The van der Waals surface area contributed by atoms with E-state index < -0.39 is 22.1 Å². The van der Waals surface area contributed by atoms with Crippen molar-refractivity contribution in [3.05, 3.63) is 24.4 Å². The molecular formula is C18H28N4O4S. The first kappa shape index (κ1) is 21.5. The predicted molar refractivity (Wildman–Crippen MR) is 101 cm³/mol. The molecule has 9 heteroatoms. The second kappa shape index (κ2) is 8.90. The number of carbonyl (C=O) groups is 2. The molecule has 1 aromatic rings. The smallest absolute Gasteiger partial charge is 0.261 e. The molecule has 150 valence electrons. The molecule has 1 aliphatic rings. The van der Waals surface area contributed by atoms with Crippen LogP contribution in [0.15, 0.2) is 29.4 Å². The van der Waals surface area contributed by atoms with Crippen LogP contribution in [0.4, 0.5) is 0 Å². The van der Waals surface area contributed by atoms with Crippen molar-refractivity contribution in [2.45, 2.75) is 63.2 Å². The van der Waals surface area contributed by atoms with Crippen molar-refractivity contribution in [1.29, 1.82) is 0 Å². The monoisotopic (exact) mass is 396 g/mol. The van der Waals surface area contributed by atoms with Crippen molar-refractivity contribution in [2.24, 2.45) is 11.7 Å². The molecule has 0 aromatic carbocycles. The fourth-order valence-corrected chi connectivity index (χ4v) is 4.68. The van der Waals surface area contributed by atoms with Gasteiger partial charge < -0.3 is 11.1 Å². The highest BCUT2D eigenvalue weighted by Crippen LogP contribution is 2.22. The van der Waals surface area contributed by atoms with Gasteiger partial charge in [-0.15, -0.1) is 0 Å². The summed E-state index contributed by atoms with van der Waals surface area (Å²) >= 11 is 0. The van der Waals surface area contributed by atoms with Crippen molar-refractivity contribution >= 4 is 21.7 Å². The molecule has 0 spiro atoms. The Kier molecular flexibility index (Phi) is 7.07. The lowest BCUT2D eigenvalue weighted by molar-refractivity contribution is -0.128. The summed E-state index contributed by atoms with van der Waals surface area (Å²) in [4.78, 5) is 28.8. The van der Waals surface area contributed by atoms with E-state index in [4.69, 9.17) is 5.73 Å². The predicted octanol–water partition coefficient (Wildman–Crippen LogP) is 0.682. The molecule has 1 saturated heterocycles. The summed E-state index contributed by atoms with van der Waals surface area (Å²) in [6.45, 7) is 5.38. The number of carbonyl (C=O) groups excluding carboxylic acids is 2. The quantitative estimate of drug-likeness (QED) is 0.729. The first-order chi connectivity index (χ1) is 12.6. The lowest BCUT2D eigenvalue weighted by Gasteiger charge is -2.24. The van der Waals surface area contributed by atoms with Gasteiger partial charge in [0.1, 0.15) is 0 Å². The van der Waals surface area contributed by atoms with E-state index in [-0.39, 0.29) is 35.2 Å². The van der Waals surface area contributed by atoms with E-state index in [1.807, 2.05) is 13.8 Å². The first-order valence-corrected chi connectivity index (χ1v) is 10.6. The molecule has 3 atom stereocenters. The topological polar surface area (TPSA) is 122 Å². The molecule has 1 fully saturated rings. The van der Waals surface area contributed by atoms with E-state index in [1.165, 1.54) is 12.3 Å². The van der Waals surface area contributed by atoms with Crippen LogP contribution in [0.2, 0.25) is 0 Å². The van der Waals surface area contributed by atoms with E-state index in [2.05, 4.69) is 10.3 Å². The molecule has 1 amide bonds. The zero-order valence-corrected chi connectivity index (χ0v) is 16.8. The van der Waals surface area contributed by atoms with Crippen LogP contribution >= 0.6 is 0 Å². The Morgan fingerprint density at radius 3 is 2.67 bits per heavy atom. The maximum absolute atomic E-state index is 12.9. The Bertz CT molecular complexity index is 767. The fourth-order valence-electron chi connectivity index (χ4n) is 3.12. The summed E-state index contributed by atoms with van der Waals surface area (Å²) in [5.74, 6) is -0.464. The van der Waals surface area contributed by atoms with Crippen molar-refractivity contribution in [1.82, 2.24) is 14.6 Å². The Balaban J connectivity index is 2.13. The van der Waals surface area contributed by atoms with E-state index in [0.717, 1.165) is 4.31 Å². The molecule has 8 nitrogen and oxygen atoms in total. The van der Waals surface area contributed by atoms with Gasteiger partial charge in [-0.25, -0.2) is 13.4 Å². The highest BCUT2D eigenvalue weighted by molar-refractivity contribution is 7.89. The van der Waals surface area contributed by atoms with Crippen LogP contribution in [0.3, 0.4) is 0 Å². The van der Waals surface area contributed by atoms with Gasteiger partial charge in [0.15, 0.2) is 10.8 Å². The Morgan fingerprint density at radius 2 is 2.07 bits per heavy atom. The number of ketones is 1. The van der Waals surface area contributed by atoms with E-state index in [0.29, 0.717) is 19.3 Å². The zero-order valence-electron chi connectivity index (χ0n) is 16.0. The van der Waals surface area contributed by atoms with E-state index >= 15 is 0 Å². The minimum Gasteiger partial charge on any atom is -0.345 e. The number of sulfonamides is 1. The second-order valence-electron chi connectivity index (χ2n) is 7.41. The number of hydrogen-bond acceptors (Lipinski definition) is 6. The van der Waals surface area contributed by atoms with Crippen LogP contribution in [-0.4, -0.2) is 54.1 Å². The molecular weight excluding hydrogens is 368 g/mol. The van der Waals surface area contributed by atoms with Gasteiger partial charge in [-0.2, -0.15) is 4.31 Å². The van der Waals surface area contributed by atoms with Gasteiger partial charge in [0.05, 0.1) is 18.6 Å². The molecule has 27 heavy (non-hydrogen) atoms. The van der Waals surface area contributed by atoms with Crippen LogP contribution in [-0.2, 0) is 19.6 Å². The maximum atomic E-state index is 12.9. The Labute approximate surface area is 160 Å². The number of Topliss-reactive ketones (excluding diaryl/α,β-unsaturated/α-hetero) is 1. The summed E-state index contributed by atoms with van der Waals surface area (Å²) in [5.41, 5.74) is 5.88. The van der Waals surface area contributed by atoms with Crippen molar-refractivity contribution in [3.63, 3.8) is 0 Å². The molecule has 1 aromatic heterocycles. The van der Waals surface area contributed by atoms with Crippen LogP contribution in [0, 0.1) is 5.92 Å². The van der Waals surface area contributed by atoms with Gasteiger partial charge >= 0.3 is 0 Å². The summed E-state index contributed by atoms with van der Waals surface area (Å²) < 4.78 is 26.9. The van der Waals surface area contributed by atoms with Gasteiger partial charge in [0.25, 0.3) is 10.0 Å². The summed E-state index contributed by atoms with van der Waals surface area (Å²) in [6.07, 6.45) is 2.73. The molecule has 2 rings (SSSR count). The number of aromatic nitrogens is 1. The number of rotatable bonds is 6. The second-order valence-corrected chi connectivity index (χ2v) is 9.25. The van der Waals surface area contributed by atoms with Crippen LogP contribution in [0.1, 0.15) is 40.0 Å². The molecule has 2 heterocycles. The molecule has 0 radical (unpaired) electrons. The van der Waals surface area contributed by atoms with E-state index in [1.54, 1.807) is 19.1 Å². The number of amides is 1. The molecule has 0 saturated carbocycles. The van der Waals surface area contributed by atoms with Crippen molar-refractivity contribution in [2.75, 3.05) is 6.54 Å². The van der Waals surface area contributed by atoms with Gasteiger partial charge in [0.2, 0.25) is 5.91 Å². The number of hydrogen-bond donors (Lipinski definition) is 2. The standard InChI is InChI=1S/C18H28N4O4S/c1-12(2)10-14(19)18(24)21-15-8-7-13(3)22(11-16(15)23)27(25,26)17-6-4-5-9-20-17/h4-6,9,12-15H,7-8,10-11,19H2,1-3H3,(H,21,24)/t13-,14-,15-/m0/s1. The Morgan fingerprint density at radius 1 is 1.37 bits per heavy atom. The summed E-state index contributed by atoms with van der Waals surface area (Å²) in [7, 11) is -3.89. The van der Waals surface area contributed by atoms with Crippen LogP contribution in [0.25, 0.3) is 0 Å². The van der Waals surface area contributed by atoms with Gasteiger partial charge in [-0.05, 0) is 44.2 Å². The van der Waals surface area contributed by atoms with E-state index in [9.17, 15) is 18.0 Å². The lowest BCUT2D eigenvalue weighted by Crippen LogP contribution is -2.50. The van der Waals surface area contributed by atoms with Crippen LogP contribution in [0.5, 0.6) is 0 Å². The first-order valence-electron chi connectivity index (χ1n) is 9.14. The van der Waals surface area contributed by atoms with Crippen molar-refractivity contribution in [3.8, 4) is 0 Å². The number of nitrogens with two attached hydrogens (primary N) is 1. The van der Waals surface area contributed by atoms with Gasteiger partial charge in [-0.1, -0.05) is 19.9 Å².